The summed E-state index contributed by atoms with van der Waals surface area (Å²) in [5.74, 6) is 0. The van der Waals surface area contributed by atoms with Crippen molar-refractivity contribution < 1.29 is 4.65 Å². The van der Waals surface area contributed by atoms with Gasteiger partial charge in [-0.3, -0.25) is 0 Å². The van der Waals surface area contributed by atoms with Crippen LogP contribution in [0.1, 0.15) is 5.56 Å². The molecule has 0 saturated heterocycles. The largest absolute Gasteiger partial charge is 0.430 e. The smallest absolute Gasteiger partial charge is 0.323 e. The standard InChI is InChI=1S/C16H20BNO/c1-13-3-5-14(6-4-13)15-7-9-16(10-8-15)17(2)19-12-11-18/h3-10H,11-12,18H2,1-2H3. The minimum atomic E-state index is 0.0932. The molecule has 2 aromatic carbocycles. The van der Waals surface area contributed by atoms with Gasteiger partial charge in [-0.1, -0.05) is 60.9 Å². The monoisotopic (exact) mass is 253 g/mol. The summed E-state index contributed by atoms with van der Waals surface area (Å²) in [5.41, 5.74) is 10.4. The minimum absolute atomic E-state index is 0.0932. The van der Waals surface area contributed by atoms with Gasteiger partial charge in [0.2, 0.25) is 0 Å². The van der Waals surface area contributed by atoms with Crippen LogP contribution in [0.25, 0.3) is 11.1 Å². The van der Waals surface area contributed by atoms with Gasteiger partial charge in [-0.05, 0) is 23.5 Å². The second-order valence-electron chi connectivity index (χ2n) is 4.79. The van der Waals surface area contributed by atoms with Gasteiger partial charge in [-0.2, -0.15) is 0 Å². The average molecular weight is 253 g/mol. The molecule has 0 aliphatic rings. The molecule has 0 atom stereocenters. The van der Waals surface area contributed by atoms with Gasteiger partial charge in [0, 0.05) is 13.2 Å². The quantitative estimate of drug-likeness (QED) is 0.831. The first-order valence-electron chi connectivity index (χ1n) is 6.69. The number of aryl methyl sites for hydroxylation is 1. The van der Waals surface area contributed by atoms with Crippen molar-refractivity contribution in [1.29, 1.82) is 0 Å². The second kappa shape index (κ2) is 6.55. The van der Waals surface area contributed by atoms with Crippen LogP contribution in [0.15, 0.2) is 48.5 Å². The lowest BCUT2D eigenvalue weighted by Gasteiger charge is -2.10. The van der Waals surface area contributed by atoms with E-state index < -0.39 is 0 Å². The Morgan fingerprint density at radius 2 is 1.47 bits per heavy atom. The Balaban J connectivity index is 2.11. The van der Waals surface area contributed by atoms with Gasteiger partial charge in [-0.15, -0.1) is 0 Å². The summed E-state index contributed by atoms with van der Waals surface area (Å²) in [6.45, 7) is 5.41. The Morgan fingerprint density at radius 1 is 0.947 bits per heavy atom. The normalized spacial score (nSPS) is 10.5. The maximum absolute atomic E-state index is 5.61. The van der Waals surface area contributed by atoms with Crippen molar-refractivity contribution in [2.75, 3.05) is 13.2 Å². The highest BCUT2D eigenvalue weighted by Gasteiger charge is 2.11. The van der Waals surface area contributed by atoms with Crippen LogP contribution in [0.2, 0.25) is 6.82 Å². The molecule has 0 bridgehead atoms. The third-order valence-electron chi connectivity index (χ3n) is 3.25. The van der Waals surface area contributed by atoms with Gasteiger partial charge in [0.05, 0.1) is 0 Å². The van der Waals surface area contributed by atoms with E-state index in [9.17, 15) is 0 Å². The maximum atomic E-state index is 5.61. The van der Waals surface area contributed by atoms with Crippen LogP contribution in [0.4, 0.5) is 0 Å². The van der Waals surface area contributed by atoms with Crippen molar-refractivity contribution in [3.63, 3.8) is 0 Å². The van der Waals surface area contributed by atoms with Gasteiger partial charge in [0.15, 0.2) is 0 Å². The molecule has 0 unspecified atom stereocenters. The molecule has 2 rings (SSSR count). The predicted molar refractivity (Wildman–Crippen MR) is 82.9 cm³/mol. The first-order valence-corrected chi connectivity index (χ1v) is 6.69. The van der Waals surface area contributed by atoms with E-state index in [1.165, 1.54) is 22.2 Å². The molecular weight excluding hydrogens is 233 g/mol. The van der Waals surface area contributed by atoms with Crippen LogP contribution in [-0.4, -0.2) is 20.1 Å². The molecular formula is C16H20BNO. The summed E-state index contributed by atoms with van der Waals surface area (Å²) in [4.78, 5) is 0. The number of hydrogen-bond donors (Lipinski definition) is 1. The lowest BCUT2D eigenvalue weighted by Crippen LogP contribution is -2.31. The van der Waals surface area contributed by atoms with Crippen LogP contribution in [0, 0.1) is 6.92 Å². The van der Waals surface area contributed by atoms with Crippen LogP contribution in [0.3, 0.4) is 0 Å². The lowest BCUT2D eigenvalue weighted by molar-refractivity contribution is 0.341. The Bertz CT molecular complexity index is 507. The summed E-state index contributed by atoms with van der Waals surface area (Å²) in [6, 6.07) is 17.1. The van der Waals surface area contributed by atoms with Crippen LogP contribution in [0.5, 0.6) is 0 Å². The number of nitrogens with two attached hydrogens (primary N) is 1. The van der Waals surface area contributed by atoms with Crippen LogP contribution in [-0.2, 0) is 4.65 Å². The topological polar surface area (TPSA) is 35.2 Å². The summed E-state index contributed by atoms with van der Waals surface area (Å²) < 4.78 is 5.61. The number of benzene rings is 2. The zero-order valence-electron chi connectivity index (χ0n) is 11.6. The molecule has 0 spiro atoms. The molecule has 0 aromatic heterocycles. The van der Waals surface area contributed by atoms with Crippen molar-refractivity contribution in [2.45, 2.75) is 13.7 Å². The highest BCUT2D eigenvalue weighted by Crippen LogP contribution is 2.18. The lowest BCUT2D eigenvalue weighted by atomic mass is 9.63. The van der Waals surface area contributed by atoms with Crippen molar-refractivity contribution in [1.82, 2.24) is 0 Å². The predicted octanol–water partition coefficient (Wildman–Crippen LogP) is 2.47. The maximum Gasteiger partial charge on any atom is 0.323 e. The third-order valence-corrected chi connectivity index (χ3v) is 3.25. The fourth-order valence-electron chi connectivity index (χ4n) is 2.03. The highest BCUT2D eigenvalue weighted by atomic mass is 16.4. The first-order chi connectivity index (χ1) is 9.20. The molecule has 0 heterocycles. The number of rotatable bonds is 5. The molecule has 19 heavy (non-hydrogen) atoms. The molecule has 98 valence electrons. The van der Waals surface area contributed by atoms with Crippen LogP contribution < -0.4 is 11.2 Å². The second-order valence-corrected chi connectivity index (χ2v) is 4.79. The minimum Gasteiger partial charge on any atom is -0.430 e. The first kappa shape index (κ1) is 13.8. The molecule has 2 aromatic rings. The molecule has 0 radical (unpaired) electrons. The zero-order valence-corrected chi connectivity index (χ0v) is 11.6. The average Bonchev–Trinajstić information content (AvgIpc) is 2.46. The number of hydrogen-bond acceptors (Lipinski definition) is 2. The van der Waals surface area contributed by atoms with Gasteiger partial charge >= 0.3 is 6.92 Å². The van der Waals surface area contributed by atoms with E-state index in [4.69, 9.17) is 10.4 Å². The van der Waals surface area contributed by atoms with E-state index in [0.717, 1.165) is 0 Å². The summed E-state index contributed by atoms with van der Waals surface area (Å²) >= 11 is 0. The Hall–Kier alpha value is -1.58. The molecule has 0 aliphatic carbocycles. The van der Waals surface area contributed by atoms with E-state index >= 15 is 0 Å². The summed E-state index contributed by atoms with van der Waals surface area (Å²) in [6.07, 6.45) is 0. The summed E-state index contributed by atoms with van der Waals surface area (Å²) in [5, 5.41) is 0. The van der Waals surface area contributed by atoms with Gasteiger partial charge in [0.25, 0.3) is 0 Å². The fourth-order valence-corrected chi connectivity index (χ4v) is 2.03. The van der Waals surface area contributed by atoms with Crippen molar-refractivity contribution >= 4 is 12.4 Å². The van der Waals surface area contributed by atoms with Crippen molar-refractivity contribution in [3.05, 3.63) is 54.1 Å². The molecule has 2 N–H and O–H groups in total. The van der Waals surface area contributed by atoms with E-state index in [-0.39, 0.29) is 6.92 Å². The van der Waals surface area contributed by atoms with Gasteiger partial charge in [-0.25, -0.2) is 0 Å². The molecule has 0 amide bonds. The third kappa shape index (κ3) is 3.69. The SMILES string of the molecule is CB(OCCN)c1ccc(-c2ccc(C)cc2)cc1. The van der Waals surface area contributed by atoms with Crippen LogP contribution >= 0.6 is 0 Å². The molecule has 3 heteroatoms. The Labute approximate surface area is 115 Å². The van der Waals surface area contributed by atoms with Crippen molar-refractivity contribution in [2.24, 2.45) is 5.73 Å². The van der Waals surface area contributed by atoms with E-state index in [1.54, 1.807) is 0 Å². The van der Waals surface area contributed by atoms with E-state index in [2.05, 4.69) is 62.3 Å². The van der Waals surface area contributed by atoms with Gasteiger partial charge < -0.3 is 10.4 Å². The van der Waals surface area contributed by atoms with E-state index in [1.807, 2.05) is 0 Å². The molecule has 2 nitrogen and oxygen atoms in total. The Kier molecular flexibility index (Phi) is 4.77. The Morgan fingerprint density at radius 3 is 2.00 bits per heavy atom. The van der Waals surface area contributed by atoms with E-state index in [0.29, 0.717) is 13.2 Å². The zero-order chi connectivity index (χ0) is 13.7. The molecule has 0 fully saturated rings. The van der Waals surface area contributed by atoms with Gasteiger partial charge in [0.1, 0.15) is 0 Å². The fraction of sp³-hybridized carbons (Fsp3) is 0.250. The highest BCUT2D eigenvalue weighted by molar-refractivity contribution is 6.66. The molecule has 0 saturated carbocycles. The van der Waals surface area contributed by atoms with Crippen molar-refractivity contribution in [3.8, 4) is 11.1 Å². The molecule has 0 aliphatic heterocycles. The summed E-state index contributed by atoms with van der Waals surface area (Å²) in [7, 11) is 0.